The van der Waals surface area contributed by atoms with E-state index in [9.17, 15) is 0 Å². The van der Waals surface area contributed by atoms with E-state index in [1.807, 2.05) is 30.3 Å². The molecule has 0 aliphatic carbocycles. The van der Waals surface area contributed by atoms with Crippen LogP contribution in [0.1, 0.15) is 5.69 Å². The van der Waals surface area contributed by atoms with Crippen molar-refractivity contribution < 1.29 is 0 Å². The summed E-state index contributed by atoms with van der Waals surface area (Å²) in [6.45, 7) is 0. The number of nitrogens with one attached hydrogen (secondary N) is 1. The Morgan fingerprint density at radius 3 is 2.81 bits per heavy atom. The molecule has 0 atom stereocenters. The van der Waals surface area contributed by atoms with Gasteiger partial charge < -0.3 is 5.32 Å². The summed E-state index contributed by atoms with van der Waals surface area (Å²) < 4.78 is 0.937. The molecule has 0 aliphatic heterocycles. The van der Waals surface area contributed by atoms with Crippen molar-refractivity contribution in [2.24, 2.45) is 0 Å². The first-order valence-corrected chi connectivity index (χ1v) is 5.32. The van der Waals surface area contributed by atoms with Gasteiger partial charge in [0.25, 0.3) is 0 Å². The number of anilines is 2. The summed E-state index contributed by atoms with van der Waals surface area (Å²) in [5.74, 6) is 0.596. The number of hydrogen-bond acceptors (Lipinski definition) is 4. The molecule has 0 spiro atoms. The topological polar surface area (TPSA) is 61.6 Å². The number of halogens is 1. The maximum Gasteiger partial charge on any atom is 0.145 e. The summed E-state index contributed by atoms with van der Waals surface area (Å²) in [6.07, 6.45) is 1.36. The van der Waals surface area contributed by atoms with E-state index >= 15 is 0 Å². The molecule has 2 aromatic rings. The van der Waals surface area contributed by atoms with E-state index in [0.29, 0.717) is 11.5 Å². The van der Waals surface area contributed by atoms with Crippen LogP contribution in [-0.2, 0) is 0 Å². The van der Waals surface area contributed by atoms with Crippen LogP contribution in [-0.4, -0.2) is 9.97 Å². The normalized spacial score (nSPS) is 9.50. The summed E-state index contributed by atoms with van der Waals surface area (Å²) in [6, 6.07) is 11.2. The van der Waals surface area contributed by atoms with E-state index in [1.54, 1.807) is 6.07 Å². The largest absolute Gasteiger partial charge is 0.339 e. The average molecular weight is 275 g/mol. The number of rotatable bonds is 2. The minimum atomic E-state index is 0.338. The Kier molecular flexibility index (Phi) is 3.13. The zero-order valence-electron chi connectivity index (χ0n) is 8.18. The summed E-state index contributed by atoms with van der Waals surface area (Å²) >= 11 is 3.42. The van der Waals surface area contributed by atoms with Crippen molar-refractivity contribution in [3.8, 4) is 6.07 Å². The van der Waals surface area contributed by atoms with E-state index < -0.39 is 0 Å². The Balaban J connectivity index is 2.28. The molecule has 0 aliphatic rings. The van der Waals surface area contributed by atoms with Crippen LogP contribution in [0.15, 0.2) is 41.1 Å². The van der Waals surface area contributed by atoms with Gasteiger partial charge in [-0.3, -0.25) is 0 Å². The second-order valence-corrected chi connectivity index (χ2v) is 3.86. The molecule has 78 valence electrons. The van der Waals surface area contributed by atoms with Crippen molar-refractivity contribution in [1.29, 1.82) is 5.26 Å². The van der Waals surface area contributed by atoms with Crippen LogP contribution in [0.3, 0.4) is 0 Å². The van der Waals surface area contributed by atoms with Crippen LogP contribution < -0.4 is 5.32 Å². The summed E-state index contributed by atoms with van der Waals surface area (Å²) in [5.41, 5.74) is 1.23. The number of para-hydroxylation sites is 1. The molecule has 0 amide bonds. The van der Waals surface area contributed by atoms with Crippen molar-refractivity contribution in [3.63, 3.8) is 0 Å². The predicted octanol–water partition coefficient (Wildman–Crippen LogP) is 2.85. The van der Waals surface area contributed by atoms with Gasteiger partial charge in [0.15, 0.2) is 0 Å². The highest BCUT2D eigenvalue weighted by molar-refractivity contribution is 9.10. The third-order valence-corrected chi connectivity index (χ3v) is 2.61. The highest BCUT2D eigenvalue weighted by Gasteiger charge is 2.01. The number of nitrogens with zero attached hydrogens (tertiary/aromatic N) is 3. The zero-order chi connectivity index (χ0) is 11.4. The molecule has 1 N–H and O–H groups in total. The minimum absolute atomic E-state index is 0.338. The zero-order valence-corrected chi connectivity index (χ0v) is 9.77. The molecule has 0 saturated heterocycles. The number of aromatic nitrogens is 2. The van der Waals surface area contributed by atoms with Crippen LogP contribution >= 0.6 is 15.9 Å². The third-order valence-electron chi connectivity index (χ3n) is 1.92. The van der Waals surface area contributed by atoms with Crippen molar-refractivity contribution in [2.45, 2.75) is 0 Å². The van der Waals surface area contributed by atoms with Crippen molar-refractivity contribution in [3.05, 3.63) is 46.8 Å². The van der Waals surface area contributed by atoms with Gasteiger partial charge in [0, 0.05) is 10.5 Å². The van der Waals surface area contributed by atoms with Gasteiger partial charge >= 0.3 is 0 Å². The quantitative estimate of drug-likeness (QED) is 0.915. The number of nitriles is 1. The third kappa shape index (κ3) is 2.35. The standard InChI is InChI=1S/C11H7BrN4/c12-9-3-1-2-4-10(9)16-11-5-8(6-13)14-7-15-11/h1-5,7H,(H,14,15,16). The molecule has 0 fully saturated rings. The Morgan fingerprint density at radius 1 is 1.25 bits per heavy atom. The molecule has 1 aromatic carbocycles. The van der Waals surface area contributed by atoms with E-state index in [0.717, 1.165) is 10.2 Å². The molecule has 1 heterocycles. The monoisotopic (exact) mass is 274 g/mol. The number of hydrogen-bond donors (Lipinski definition) is 1. The fraction of sp³-hybridized carbons (Fsp3) is 0. The van der Waals surface area contributed by atoms with Crippen LogP contribution in [0.25, 0.3) is 0 Å². The van der Waals surface area contributed by atoms with Crippen LogP contribution in [0, 0.1) is 11.3 Å². The lowest BCUT2D eigenvalue weighted by Gasteiger charge is -2.06. The maximum atomic E-state index is 8.71. The lowest BCUT2D eigenvalue weighted by molar-refractivity contribution is 1.14. The molecular formula is C11H7BrN4. The van der Waals surface area contributed by atoms with Gasteiger partial charge in [-0.1, -0.05) is 12.1 Å². The molecule has 0 radical (unpaired) electrons. The first kappa shape index (κ1) is 10.6. The Hall–Kier alpha value is -1.93. The smallest absolute Gasteiger partial charge is 0.145 e. The van der Waals surface area contributed by atoms with E-state index in [-0.39, 0.29) is 0 Å². The molecule has 0 bridgehead atoms. The second kappa shape index (κ2) is 4.73. The van der Waals surface area contributed by atoms with Crippen molar-refractivity contribution in [2.75, 3.05) is 5.32 Å². The molecule has 16 heavy (non-hydrogen) atoms. The van der Waals surface area contributed by atoms with Gasteiger partial charge in [0.2, 0.25) is 0 Å². The lowest BCUT2D eigenvalue weighted by Crippen LogP contribution is -1.96. The molecule has 4 nitrogen and oxygen atoms in total. The summed E-state index contributed by atoms with van der Waals surface area (Å²) in [7, 11) is 0. The molecule has 5 heteroatoms. The van der Waals surface area contributed by atoms with Gasteiger partial charge in [-0.2, -0.15) is 5.26 Å². The second-order valence-electron chi connectivity index (χ2n) is 3.01. The van der Waals surface area contributed by atoms with Gasteiger partial charge in [-0.05, 0) is 28.1 Å². The van der Waals surface area contributed by atoms with E-state index in [4.69, 9.17) is 5.26 Å². The predicted molar refractivity (Wildman–Crippen MR) is 64.2 cm³/mol. The minimum Gasteiger partial charge on any atom is -0.339 e. The fourth-order valence-electron chi connectivity index (χ4n) is 1.19. The molecule has 0 unspecified atom stereocenters. The fourth-order valence-corrected chi connectivity index (χ4v) is 1.57. The maximum absolute atomic E-state index is 8.71. The Labute approximate surface area is 101 Å². The molecular weight excluding hydrogens is 268 g/mol. The van der Waals surface area contributed by atoms with Gasteiger partial charge in [0.1, 0.15) is 23.9 Å². The van der Waals surface area contributed by atoms with Crippen molar-refractivity contribution >= 4 is 27.4 Å². The van der Waals surface area contributed by atoms with Crippen LogP contribution in [0.4, 0.5) is 11.5 Å². The first-order chi connectivity index (χ1) is 7.79. The van der Waals surface area contributed by atoms with Gasteiger partial charge in [-0.25, -0.2) is 9.97 Å². The Morgan fingerprint density at radius 2 is 2.06 bits per heavy atom. The Bertz CT molecular complexity index is 548. The van der Waals surface area contributed by atoms with Crippen LogP contribution in [0.2, 0.25) is 0 Å². The summed E-state index contributed by atoms with van der Waals surface area (Å²) in [4.78, 5) is 7.83. The SMILES string of the molecule is N#Cc1cc(Nc2ccccc2Br)ncn1. The van der Waals surface area contributed by atoms with Crippen molar-refractivity contribution in [1.82, 2.24) is 9.97 Å². The molecule has 2 rings (SSSR count). The molecule has 1 aromatic heterocycles. The highest BCUT2D eigenvalue weighted by Crippen LogP contribution is 2.24. The van der Waals surface area contributed by atoms with Crippen LogP contribution in [0.5, 0.6) is 0 Å². The average Bonchev–Trinajstić information content (AvgIpc) is 2.32. The van der Waals surface area contributed by atoms with E-state index in [2.05, 4.69) is 31.2 Å². The van der Waals surface area contributed by atoms with E-state index in [1.165, 1.54) is 6.33 Å². The summed E-state index contributed by atoms with van der Waals surface area (Å²) in [5, 5.41) is 11.8. The number of benzene rings is 1. The lowest BCUT2D eigenvalue weighted by atomic mass is 10.3. The van der Waals surface area contributed by atoms with Gasteiger partial charge in [-0.15, -0.1) is 0 Å². The first-order valence-electron chi connectivity index (χ1n) is 4.53. The highest BCUT2D eigenvalue weighted by atomic mass is 79.9. The molecule has 0 saturated carbocycles. The van der Waals surface area contributed by atoms with Gasteiger partial charge in [0.05, 0.1) is 5.69 Å².